The number of benzene rings is 2. The molecule has 6 nitrogen and oxygen atoms in total. The van der Waals surface area contributed by atoms with Gasteiger partial charge in [-0.15, -0.1) is 0 Å². The van der Waals surface area contributed by atoms with Gasteiger partial charge in [0.2, 0.25) is 5.91 Å². The first kappa shape index (κ1) is 18.8. The Morgan fingerprint density at radius 1 is 1.04 bits per heavy atom. The number of halogens is 1. The molecular weight excluding hydrogens is 388 g/mol. The van der Waals surface area contributed by atoms with Crippen LogP contribution in [0.5, 0.6) is 11.5 Å². The monoisotopic (exact) mass is 406 g/mol. The topological polar surface area (TPSA) is 76.7 Å². The Labute approximate surface area is 154 Å². The van der Waals surface area contributed by atoms with Crippen molar-refractivity contribution in [3.05, 3.63) is 58.6 Å². The number of nitrogens with one attached hydrogen (secondary N) is 2. The Balaban J connectivity index is 1.65. The van der Waals surface area contributed by atoms with Gasteiger partial charge in [0.05, 0.1) is 20.2 Å². The second kappa shape index (κ2) is 9.68. The van der Waals surface area contributed by atoms with Gasteiger partial charge >= 0.3 is 0 Å². The fraction of sp³-hybridized carbons (Fsp3) is 0.222. The number of ether oxygens (including phenoxy) is 2. The molecule has 2 aromatic carbocycles. The lowest BCUT2D eigenvalue weighted by atomic mass is 10.2. The second-order valence-electron chi connectivity index (χ2n) is 5.07. The maximum Gasteiger partial charge on any atom is 0.251 e. The number of carbonyl (C=O) groups excluding carboxylic acids is 2. The molecule has 0 saturated heterocycles. The molecule has 2 rings (SSSR count). The van der Waals surface area contributed by atoms with Crippen molar-refractivity contribution in [1.82, 2.24) is 10.6 Å². The number of methoxy groups -OCH3 is 1. The first-order valence-electron chi connectivity index (χ1n) is 7.66. The van der Waals surface area contributed by atoms with Crippen LogP contribution in [0.2, 0.25) is 0 Å². The van der Waals surface area contributed by atoms with Crippen molar-refractivity contribution < 1.29 is 19.1 Å². The van der Waals surface area contributed by atoms with Gasteiger partial charge in [0.1, 0.15) is 18.1 Å². The summed E-state index contributed by atoms with van der Waals surface area (Å²) in [5.41, 5.74) is 0.464. The van der Waals surface area contributed by atoms with E-state index in [9.17, 15) is 9.59 Å². The molecule has 2 N–H and O–H groups in total. The molecule has 0 atom stereocenters. The first-order chi connectivity index (χ1) is 12.1. The lowest BCUT2D eigenvalue weighted by Crippen LogP contribution is -2.38. The zero-order chi connectivity index (χ0) is 18.1. The SMILES string of the molecule is COc1ccc(C(=O)NCC(=O)NCCOc2cccc(Br)c2)cc1. The molecule has 25 heavy (non-hydrogen) atoms. The van der Waals surface area contributed by atoms with Crippen LogP contribution in [0.15, 0.2) is 53.0 Å². The van der Waals surface area contributed by atoms with Crippen LogP contribution in [0.25, 0.3) is 0 Å². The number of carbonyl (C=O) groups is 2. The Morgan fingerprint density at radius 3 is 2.48 bits per heavy atom. The second-order valence-corrected chi connectivity index (χ2v) is 5.98. The summed E-state index contributed by atoms with van der Waals surface area (Å²) in [7, 11) is 1.56. The van der Waals surface area contributed by atoms with Gasteiger partial charge in [-0.3, -0.25) is 9.59 Å². The third kappa shape index (κ3) is 6.46. The molecular formula is C18H19BrN2O4. The van der Waals surface area contributed by atoms with Gasteiger partial charge in [-0.25, -0.2) is 0 Å². The van der Waals surface area contributed by atoms with Gasteiger partial charge in [0.15, 0.2) is 0 Å². The first-order valence-corrected chi connectivity index (χ1v) is 8.45. The number of hydrogen-bond donors (Lipinski definition) is 2. The summed E-state index contributed by atoms with van der Waals surface area (Å²) < 4.78 is 11.5. The van der Waals surface area contributed by atoms with Crippen molar-refractivity contribution in [2.24, 2.45) is 0 Å². The van der Waals surface area contributed by atoms with Gasteiger partial charge in [-0.2, -0.15) is 0 Å². The van der Waals surface area contributed by atoms with E-state index < -0.39 is 0 Å². The van der Waals surface area contributed by atoms with Crippen molar-refractivity contribution in [2.75, 3.05) is 26.8 Å². The van der Waals surface area contributed by atoms with E-state index in [0.29, 0.717) is 24.5 Å². The summed E-state index contributed by atoms with van der Waals surface area (Å²) >= 11 is 3.36. The molecule has 0 aliphatic heterocycles. The molecule has 0 aliphatic rings. The van der Waals surface area contributed by atoms with Gasteiger partial charge < -0.3 is 20.1 Å². The van der Waals surface area contributed by atoms with Crippen LogP contribution < -0.4 is 20.1 Å². The zero-order valence-electron chi connectivity index (χ0n) is 13.8. The zero-order valence-corrected chi connectivity index (χ0v) is 15.3. The number of rotatable bonds is 8. The predicted octanol–water partition coefficient (Wildman–Crippen LogP) is 2.38. The highest BCUT2D eigenvalue weighted by atomic mass is 79.9. The Kier molecular flexibility index (Phi) is 7.28. The van der Waals surface area contributed by atoms with Crippen molar-refractivity contribution in [3.8, 4) is 11.5 Å². The lowest BCUT2D eigenvalue weighted by molar-refractivity contribution is -0.120. The van der Waals surface area contributed by atoms with Gasteiger partial charge in [-0.05, 0) is 42.5 Å². The molecule has 0 aromatic heterocycles. The summed E-state index contributed by atoms with van der Waals surface area (Å²) in [6.07, 6.45) is 0. The van der Waals surface area contributed by atoms with E-state index in [1.165, 1.54) is 0 Å². The predicted molar refractivity (Wildman–Crippen MR) is 98.0 cm³/mol. The van der Waals surface area contributed by atoms with E-state index in [1.807, 2.05) is 24.3 Å². The standard InChI is InChI=1S/C18H19BrN2O4/c1-24-15-7-5-13(6-8-15)18(23)21-12-17(22)20-9-10-25-16-4-2-3-14(19)11-16/h2-8,11H,9-10,12H2,1H3,(H,20,22)(H,21,23). The third-order valence-electron chi connectivity index (χ3n) is 3.25. The minimum atomic E-state index is -0.316. The van der Waals surface area contributed by atoms with E-state index in [0.717, 1.165) is 10.2 Å². The Morgan fingerprint density at radius 2 is 1.80 bits per heavy atom. The van der Waals surface area contributed by atoms with Crippen molar-refractivity contribution in [1.29, 1.82) is 0 Å². The fourth-order valence-electron chi connectivity index (χ4n) is 1.98. The molecule has 0 radical (unpaired) electrons. The smallest absolute Gasteiger partial charge is 0.251 e. The molecule has 0 spiro atoms. The highest BCUT2D eigenvalue weighted by Gasteiger charge is 2.08. The van der Waals surface area contributed by atoms with Crippen LogP contribution in [-0.4, -0.2) is 38.6 Å². The van der Waals surface area contributed by atoms with Crippen LogP contribution >= 0.6 is 15.9 Å². The maximum atomic E-state index is 11.9. The molecule has 2 aromatic rings. The largest absolute Gasteiger partial charge is 0.497 e. The average Bonchev–Trinajstić information content (AvgIpc) is 2.63. The van der Waals surface area contributed by atoms with E-state index in [-0.39, 0.29) is 18.4 Å². The van der Waals surface area contributed by atoms with E-state index in [2.05, 4.69) is 26.6 Å². The summed E-state index contributed by atoms with van der Waals surface area (Å²) in [4.78, 5) is 23.7. The molecule has 0 bridgehead atoms. The molecule has 2 amide bonds. The quantitative estimate of drug-likeness (QED) is 0.659. The molecule has 0 fully saturated rings. The maximum absolute atomic E-state index is 11.9. The van der Waals surface area contributed by atoms with Crippen LogP contribution in [0.1, 0.15) is 10.4 Å². The summed E-state index contributed by atoms with van der Waals surface area (Å²) in [6.45, 7) is 0.597. The van der Waals surface area contributed by atoms with E-state index in [1.54, 1.807) is 31.4 Å². The normalized spacial score (nSPS) is 10.0. The summed E-state index contributed by atoms with van der Waals surface area (Å²) in [5, 5.41) is 5.25. The van der Waals surface area contributed by atoms with Gasteiger partial charge in [-0.1, -0.05) is 22.0 Å². The molecule has 0 aliphatic carbocycles. The lowest BCUT2D eigenvalue weighted by Gasteiger charge is -2.09. The van der Waals surface area contributed by atoms with E-state index in [4.69, 9.17) is 9.47 Å². The minimum absolute atomic E-state index is 0.0955. The molecule has 0 unspecified atom stereocenters. The number of hydrogen-bond acceptors (Lipinski definition) is 4. The highest BCUT2D eigenvalue weighted by Crippen LogP contribution is 2.17. The fourth-order valence-corrected chi connectivity index (χ4v) is 2.36. The van der Waals surface area contributed by atoms with Crippen molar-refractivity contribution in [3.63, 3.8) is 0 Å². The summed E-state index contributed by atoms with van der Waals surface area (Å²) in [6, 6.07) is 14.1. The van der Waals surface area contributed by atoms with Crippen LogP contribution in [-0.2, 0) is 4.79 Å². The van der Waals surface area contributed by atoms with Crippen LogP contribution in [0, 0.1) is 0 Å². The van der Waals surface area contributed by atoms with E-state index >= 15 is 0 Å². The average molecular weight is 407 g/mol. The van der Waals surface area contributed by atoms with Gasteiger partial charge in [0, 0.05) is 10.0 Å². The van der Waals surface area contributed by atoms with Crippen molar-refractivity contribution >= 4 is 27.7 Å². The third-order valence-corrected chi connectivity index (χ3v) is 3.74. The van der Waals surface area contributed by atoms with Crippen molar-refractivity contribution in [2.45, 2.75) is 0 Å². The molecule has 0 saturated carbocycles. The highest BCUT2D eigenvalue weighted by molar-refractivity contribution is 9.10. The Bertz CT molecular complexity index is 719. The van der Waals surface area contributed by atoms with Gasteiger partial charge in [0.25, 0.3) is 5.91 Å². The minimum Gasteiger partial charge on any atom is -0.497 e. The summed E-state index contributed by atoms with van der Waals surface area (Å²) in [5.74, 6) is 0.791. The molecule has 0 heterocycles. The molecule has 7 heteroatoms. The van der Waals surface area contributed by atoms with Crippen LogP contribution in [0.4, 0.5) is 0 Å². The van der Waals surface area contributed by atoms with Crippen LogP contribution in [0.3, 0.4) is 0 Å². The number of amides is 2. The Hall–Kier alpha value is -2.54. The molecule has 132 valence electrons.